The van der Waals surface area contributed by atoms with Crippen LogP contribution < -0.4 is 5.73 Å². The van der Waals surface area contributed by atoms with E-state index in [2.05, 4.69) is 48.2 Å². The second-order valence-corrected chi connectivity index (χ2v) is 7.80. The quantitative estimate of drug-likeness (QED) is 0.767. The van der Waals surface area contributed by atoms with Gasteiger partial charge in [0.25, 0.3) is 0 Å². The molecule has 0 spiro atoms. The van der Waals surface area contributed by atoms with E-state index in [0.717, 1.165) is 14.8 Å². The van der Waals surface area contributed by atoms with Crippen LogP contribution in [0.5, 0.6) is 0 Å². The van der Waals surface area contributed by atoms with Crippen molar-refractivity contribution in [2.45, 2.75) is 12.6 Å². The smallest absolute Gasteiger partial charge is 0.129 e. The zero-order valence-electron chi connectivity index (χ0n) is 10.9. The highest BCUT2D eigenvalue weighted by atomic mass is 79.9. The van der Waals surface area contributed by atoms with E-state index < -0.39 is 0 Å². The normalized spacial score (nSPS) is 12.9. The van der Waals surface area contributed by atoms with Crippen molar-refractivity contribution < 1.29 is 4.39 Å². The number of hydrogen-bond acceptors (Lipinski definition) is 3. The van der Waals surface area contributed by atoms with E-state index in [-0.39, 0.29) is 11.9 Å². The number of benzene rings is 1. The van der Waals surface area contributed by atoms with Gasteiger partial charge in [-0.3, -0.25) is 4.90 Å². The first-order chi connectivity index (χ1) is 9.51. The van der Waals surface area contributed by atoms with Gasteiger partial charge in [0.2, 0.25) is 0 Å². The second kappa shape index (κ2) is 7.13. The molecule has 0 saturated carbocycles. The molecule has 6 heteroatoms. The van der Waals surface area contributed by atoms with Crippen molar-refractivity contribution in [1.82, 2.24) is 4.90 Å². The van der Waals surface area contributed by atoms with Crippen LogP contribution in [0.3, 0.4) is 0 Å². The van der Waals surface area contributed by atoms with Crippen LogP contribution in [0.4, 0.5) is 4.39 Å². The number of rotatable bonds is 5. The third kappa shape index (κ3) is 3.89. The van der Waals surface area contributed by atoms with Gasteiger partial charge in [-0.1, -0.05) is 22.0 Å². The van der Waals surface area contributed by atoms with Gasteiger partial charge in [-0.2, -0.15) is 0 Å². The molecule has 108 valence electrons. The van der Waals surface area contributed by atoms with Crippen LogP contribution in [-0.2, 0) is 6.54 Å². The van der Waals surface area contributed by atoms with E-state index in [1.54, 1.807) is 17.4 Å². The minimum Gasteiger partial charge on any atom is -0.329 e. The topological polar surface area (TPSA) is 29.3 Å². The molecule has 1 atom stereocenters. The molecular formula is C14H15Br2FN2S. The number of thiophene rings is 1. The molecule has 1 heterocycles. The van der Waals surface area contributed by atoms with Gasteiger partial charge in [0, 0.05) is 29.2 Å². The van der Waals surface area contributed by atoms with Crippen molar-refractivity contribution in [1.29, 1.82) is 0 Å². The predicted octanol–water partition coefficient (Wildman–Crippen LogP) is 4.54. The molecule has 0 aliphatic carbocycles. The Labute approximate surface area is 139 Å². The Morgan fingerprint density at radius 2 is 2.10 bits per heavy atom. The standard InChI is InChI=1S/C14H15Br2FN2S/c1-19(7-9-4-14(16)20-8-9)13(6-18)11-3-2-10(15)5-12(11)17/h2-5,8,13H,6-7,18H2,1H3. The zero-order valence-corrected chi connectivity index (χ0v) is 14.9. The van der Waals surface area contributed by atoms with Gasteiger partial charge in [-0.25, -0.2) is 4.39 Å². The lowest BCUT2D eigenvalue weighted by atomic mass is 10.0. The highest BCUT2D eigenvalue weighted by molar-refractivity contribution is 9.11. The van der Waals surface area contributed by atoms with E-state index in [0.29, 0.717) is 12.1 Å². The lowest BCUT2D eigenvalue weighted by Gasteiger charge is -2.27. The summed E-state index contributed by atoms with van der Waals surface area (Å²) in [7, 11) is 1.96. The Bertz CT molecular complexity index is 588. The summed E-state index contributed by atoms with van der Waals surface area (Å²) >= 11 is 8.37. The highest BCUT2D eigenvalue weighted by Gasteiger charge is 2.19. The van der Waals surface area contributed by atoms with Crippen LogP contribution in [-0.4, -0.2) is 18.5 Å². The summed E-state index contributed by atoms with van der Waals surface area (Å²) in [5, 5.41) is 2.09. The molecule has 1 unspecified atom stereocenters. The summed E-state index contributed by atoms with van der Waals surface area (Å²) in [5.41, 5.74) is 7.67. The molecule has 0 amide bonds. The SMILES string of the molecule is CN(Cc1csc(Br)c1)C(CN)c1ccc(Br)cc1F. The Hall–Kier alpha value is -0.270. The summed E-state index contributed by atoms with van der Waals surface area (Å²) < 4.78 is 15.9. The molecule has 0 aliphatic heterocycles. The van der Waals surface area contributed by atoms with Crippen LogP contribution in [0.2, 0.25) is 0 Å². The second-order valence-electron chi connectivity index (χ2n) is 4.59. The van der Waals surface area contributed by atoms with E-state index >= 15 is 0 Å². The molecule has 0 radical (unpaired) electrons. The van der Waals surface area contributed by atoms with Crippen LogP contribution >= 0.6 is 43.2 Å². The minimum atomic E-state index is -0.229. The van der Waals surface area contributed by atoms with Gasteiger partial charge in [-0.15, -0.1) is 11.3 Å². The lowest BCUT2D eigenvalue weighted by Crippen LogP contribution is -2.30. The van der Waals surface area contributed by atoms with Crippen LogP contribution in [0.1, 0.15) is 17.2 Å². The summed E-state index contributed by atoms with van der Waals surface area (Å²) in [6.07, 6.45) is 0. The summed E-state index contributed by atoms with van der Waals surface area (Å²) in [6, 6.07) is 7.05. The molecule has 20 heavy (non-hydrogen) atoms. The van der Waals surface area contributed by atoms with Gasteiger partial charge >= 0.3 is 0 Å². The maximum absolute atomic E-state index is 14.1. The fourth-order valence-electron chi connectivity index (χ4n) is 2.14. The van der Waals surface area contributed by atoms with Gasteiger partial charge in [0.05, 0.1) is 3.79 Å². The maximum Gasteiger partial charge on any atom is 0.129 e. The van der Waals surface area contributed by atoms with Gasteiger partial charge in [0.15, 0.2) is 0 Å². The first-order valence-corrected chi connectivity index (χ1v) is 8.56. The molecule has 2 nitrogen and oxygen atoms in total. The molecule has 0 bridgehead atoms. The van der Waals surface area contributed by atoms with Crippen molar-refractivity contribution in [2.24, 2.45) is 5.73 Å². The van der Waals surface area contributed by atoms with Crippen LogP contribution in [0.15, 0.2) is 37.9 Å². The van der Waals surface area contributed by atoms with E-state index in [1.165, 1.54) is 11.6 Å². The van der Waals surface area contributed by atoms with Crippen molar-refractivity contribution in [3.63, 3.8) is 0 Å². The number of nitrogens with zero attached hydrogens (tertiary/aromatic N) is 1. The van der Waals surface area contributed by atoms with Crippen molar-refractivity contribution >= 4 is 43.2 Å². The Balaban J connectivity index is 2.18. The number of nitrogens with two attached hydrogens (primary N) is 1. The summed E-state index contributed by atoms with van der Waals surface area (Å²) in [5.74, 6) is -0.229. The fourth-order valence-corrected chi connectivity index (χ4v) is 3.68. The third-order valence-electron chi connectivity index (χ3n) is 3.13. The van der Waals surface area contributed by atoms with Crippen molar-refractivity contribution in [3.8, 4) is 0 Å². The summed E-state index contributed by atoms with van der Waals surface area (Å²) in [4.78, 5) is 2.07. The molecule has 1 aromatic carbocycles. The number of likely N-dealkylation sites (N-methyl/N-ethyl adjacent to an activating group) is 1. The molecule has 2 N–H and O–H groups in total. The molecular weight excluding hydrogens is 407 g/mol. The summed E-state index contributed by atoms with van der Waals surface area (Å²) in [6.45, 7) is 1.11. The zero-order chi connectivity index (χ0) is 14.7. The van der Waals surface area contributed by atoms with E-state index in [4.69, 9.17) is 5.73 Å². The van der Waals surface area contributed by atoms with Crippen molar-refractivity contribution in [3.05, 3.63) is 54.8 Å². The van der Waals surface area contributed by atoms with E-state index in [1.807, 2.05) is 13.1 Å². The lowest BCUT2D eigenvalue weighted by molar-refractivity contribution is 0.237. The van der Waals surface area contributed by atoms with Gasteiger partial charge in [0.1, 0.15) is 5.82 Å². The molecule has 0 saturated heterocycles. The average molecular weight is 422 g/mol. The number of hydrogen-bond donors (Lipinski definition) is 1. The Kier molecular flexibility index (Phi) is 5.74. The van der Waals surface area contributed by atoms with Gasteiger partial charge in [-0.05, 0) is 52.1 Å². The number of halogens is 3. The largest absolute Gasteiger partial charge is 0.329 e. The molecule has 2 rings (SSSR count). The molecule has 0 fully saturated rings. The Morgan fingerprint density at radius 3 is 2.65 bits per heavy atom. The monoisotopic (exact) mass is 420 g/mol. The molecule has 0 aliphatic rings. The van der Waals surface area contributed by atoms with Crippen LogP contribution in [0.25, 0.3) is 0 Å². The maximum atomic E-state index is 14.1. The Morgan fingerprint density at radius 1 is 1.35 bits per heavy atom. The first kappa shape index (κ1) is 16.1. The highest BCUT2D eigenvalue weighted by Crippen LogP contribution is 2.27. The fraction of sp³-hybridized carbons (Fsp3) is 0.286. The van der Waals surface area contributed by atoms with Crippen molar-refractivity contribution in [2.75, 3.05) is 13.6 Å². The van der Waals surface area contributed by atoms with Crippen LogP contribution in [0, 0.1) is 5.82 Å². The van der Waals surface area contributed by atoms with E-state index in [9.17, 15) is 4.39 Å². The molecule has 2 aromatic rings. The molecule has 1 aromatic heterocycles. The first-order valence-electron chi connectivity index (χ1n) is 6.09. The average Bonchev–Trinajstić information content (AvgIpc) is 2.78. The minimum absolute atomic E-state index is 0.137. The van der Waals surface area contributed by atoms with Gasteiger partial charge < -0.3 is 5.73 Å². The third-order valence-corrected chi connectivity index (χ3v) is 5.18. The predicted molar refractivity (Wildman–Crippen MR) is 89.4 cm³/mol.